The molecule has 0 bridgehead atoms. The van der Waals surface area contributed by atoms with E-state index >= 15 is 0 Å². The van der Waals surface area contributed by atoms with Crippen LogP contribution in [0.5, 0.6) is 0 Å². The molecular weight excluding hydrogens is 263 g/mol. The first-order valence-corrected chi connectivity index (χ1v) is 5.88. The Bertz CT molecular complexity index is 476. The maximum Gasteiger partial charge on any atom is 0.435 e. The largest absolute Gasteiger partial charge is 0.481 e. The second-order valence-corrected chi connectivity index (χ2v) is 4.89. The Balaban J connectivity index is 2.35. The van der Waals surface area contributed by atoms with Gasteiger partial charge in [-0.15, -0.1) is 0 Å². The quantitative estimate of drug-likeness (QED) is 0.766. The lowest BCUT2D eigenvalue weighted by molar-refractivity contribution is -0.146. The first kappa shape index (κ1) is 13.9. The van der Waals surface area contributed by atoms with Crippen LogP contribution in [-0.2, 0) is 16.4 Å². The molecule has 1 aromatic heterocycles. The number of hydrogen-bond acceptors (Lipinski definition) is 3. The van der Waals surface area contributed by atoms with Crippen molar-refractivity contribution < 1.29 is 23.1 Å². The normalized spacial score (nSPS) is 28.3. The maximum absolute atomic E-state index is 12.5. The molecule has 0 aromatic carbocycles. The lowest BCUT2D eigenvalue weighted by Gasteiger charge is -2.34. The molecule has 106 valence electrons. The standard InChI is InChI=1S/C11H14F3N3O2/c12-11(13,14)8-5-7(16-17-8)10(9(18)19)3-1-6(15)2-4-10/h5-6H,1-4,15H2,(H,16,17)(H,18,19). The highest BCUT2D eigenvalue weighted by Crippen LogP contribution is 2.40. The fourth-order valence-electron chi connectivity index (χ4n) is 2.44. The fourth-order valence-corrected chi connectivity index (χ4v) is 2.44. The molecule has 0 atom stereocenters. The summed E-state index contributed by atoms with van der Waals surface area (Å²) < 4.78 is 37.5. The molecule has 1 aromatic rings. The molecule has 0 unspecified atom stereocenters. The number of aliphatic carboxylic acids is 1. The second kappa shape index (κ2) is 4.52. The van der Waals surface area contributed by atoms with E-state index in [4.69, 9.17) is 5.73 Å². The predicted molar refractivity (Wildman–Crippen MR) is 59.3 cm³/mol. The first-order chi connectivity index (χ1) is 8.75. The van der Waals surface area contributed by atoms with Crippen molar-refractivity contribution in [3.63, 3.8) is 0 Å². The van der Waals surface area contributed by atoms with Gasteiger partial charge in [0.05, 0.1) is 5.69 Å². The number of carboxylic acids is 1. The second-order valence-electron chi connectivity index (χ2n) is 4.89. The van der Waals surface area contributed by atoms with Gasteiger partial charge in [-0.2, -0.15) is 18.3 Å². The Hall–Kier alpha value is -1.57. The summed E-state index contributed by atoms with van der Waals surface area (Å²) >= 11 is 0. The van der Waals surface area contributed by atoms with Crippen LogP contribution in [0.25, 0.3) is 0 Å². The Morgan fingerprint density at radius 3 is 2.47 bits per heavy atom. The van der Waals surface area contributed by atoms with E-state index in [2.05, 4.69) is 10.2 Å². The Kier molecular flexibility index (Phi) is 3.29. The molecular formula is C11H14F3N3O2. The van der Waals surface area contributed by atoms with Crippen molar-refractivity contribution in [2.75, 3.05) is 0 Å². The summed E-state index contributed by atoms with van der Waals surface area (Å²) in [7, 11) is 0. The first-order valence-electron chi connectivity index (χ1n) is 5.88. The minimum absolute atomic E-state index is 0.000718. The van der Waals surface area contributed by atoms with Crippen molar-refractivity contribution >= 4 is 5.97 Å². The van der Waals surface area contributed by atoms with Gasteiger partial charge in [-0.1, -0.05) is 0 Å². The average Bonchev–Trinajstić information content (AvgIpc) is 2.79. The summed E-state index contributed by atoms with van der Waals surface area (Å²) in [6.45, 7) is 0. The SMILES string of the molecule is NC1CCC(C(=O)O)(c2cc(C(F)(F)F)n[nH]2)CC1. The third-order valence-corrected chi connectivity index (χ3v) is 3.68. The van der Waals surface area contributed by atoms with Crippen LogP contribution in [0, 0.1) is 0 Å². The third-order valence-electron chi connectivity index (χ3n) is 3.68. The Morgan fingerprint density at radius 2 is 2.05 bits per heavy atom. The van der Waals surface area contributed by atoms with Gasteiger partial charge in [0.25, 0.3) is 0 Å². The number of nitrogens with two attached hydrogens (primary N) is 1. The molecule has 1 saturated carbocycles. The summed E-state index contributed by atoms with van der Waals surface area (Å²) in [5.74, 6) is -1.14. The molecule has 19 heavy (non-hydrogen) atoms. The summed E-state index contributed by atoms with van der Waals surface area (Å²) in [5, 5.41) is 14.8. The van der Waals surface area contributed by atoms with Gasteiger partial charge in [-0.05, 0) is 31.7 Å². The summed E-state index contributed by atoms with van der Waals surface area (Å²) in [4.78, 5) is 11.5. The number of aromatic nitrogens is 2. The van der Waals surface area contributed by atoms with Crippen LogP contribution in [0.3, 0.4) is 0 Å². The van der Waals surface area contributed by atoms with E-state index in [0.29, 0.717) is 12.8 Å². The van der Waals surface area contributed by atoms with Crippen LogP contribution in [0.1, 0.15) is 37.1 Å². The minimum atomic E-state index is -4.58. The number of nitrogens with zero attached hydrogens (tertiary/aromatic N) is 1. The molecule has 2 rings (SSSR count). The lowest BCUT2D eigenvalue weighted by Crippen LogP contribution is -2.43. The molecule has 0 radical (unpaired) electrons. The molecule has 1 aliphatic rings. The molecule has 8 heteroatoms. The monoisotopic (exact) mass is 277 g/mol. The summed E-state index contributed by atoms with van der Waals surface area (Å²) in [5.41, 5.74) is 3.27. The van der Waals surface area contributed by atoms with Crippen molar-refractivity contribution in [2.45, 2.75) is 43.3 Å². The van der Waals surface area contributed by atoms with Gasteiger partial charge in [0.15, 0.2) is 5.69 Å². The molecule has 5 nitrogen and oxygen atoms in total. The zero-order chi connectivity index (χ0) is 14.3. The van der Waals surface area contributed by atoms with E-state index in [9.17, 15) is 23.1 Å². The number of rotatable bonds is 2. The predicted octanol–water partition coefficient (Wildman–Crippen LogP) is 1.65. The molecule has 1 fully saturated rings. The van der Waals surface area contributed by atoms with Gasteiger partial charge in [-0.25, -0.2) is 0 Å². The number of H-pyrrole nitrogens is 1. The molecule has 0 amide bonds. The molecule has 0 aliphatic heterocycles. The van der Waals surface area contributed by atoms with Gasteiger partial charge in [0, 0.05) is 6.04 Å². The molecule has 1 aliphatic carbocycles. The van der Waals surface area contributed by atoms with E-state index in [1.54, 1.807) is 0 Å². The number of nitrogens with one attached hydrogen (secondary N) is 1. The highest BCUT2D eigenvalue weighted by atomic mass is 19.4. The fraction of sp³-hybridized carbons (Fsp3) is 0.636. The van der Waals surface area contributed by atoms with Gasteiger partial charge in [0.2, 0.25) is 0 Å². The van der Waals surface area contributed by atoms with Crippen molar-refractivity contribution in [1.29, 1.82) is 0 Å². The van der Waals surface area contributed by atoms with Gasteiger partial charge >= 0.3 is 12.1 Å². The highest BCUT2D eigenvalue weighted by molar-refractivity contribution is 5.81. The van der Waals surface area contributed by atoms with Crippen molar-refractivity contribution in [3.8, 4) is 0 Å². The number of aromatic amines is 1. The highest BCUT2D eigenvalue weighted by Gasteiger charge is 2.46. The van der Waals surface area contributed by atoms with Crippen molar-refractivity contribution in [1.82, 2.24) is 10.2 Å². The lowest BCUT2D eigenvalue weighted by atomic mass is 9.70. The number of alkyl halides is 3. The molecule has 4 N–H and O–H groups in total. The van der Waals surface area contributed by atoms with E-state index in [1.165, 1.54) is 0 Å². The Labute approximate surface area is 107 Å². The summed E-state index contributed by atoms with van der Waals surface area (Å²) in [6, 6.07) is 0.683. The smallest absolute Gasteiger partial charge is 0.435 e. The van der Waals surface area contributed by atoms with Crippen LogP contribution in [0.4, 0.5) is 13.2 Å². The zero-order valence-electron chi connectivity index (χ0n) is 10.00. The van der Waals surface area contributed by atoms with E-state index in [-0.39, 0.29) is 24.6 Å². The van der Waals surface area contributed by atoms with Crippen LogP contribution in [0.15, 0.2) is 6.07 Å². The van der Waals surface area contributed by atoms with Crippen molar-refractivity contribution in [2.24, 2.45) is 5.73 Å². The van der Waals surface area contributed by atoms with E-state index in [0.717, 1.165) is 6.07 Å². The average molecular weight is 277 g/mol. The third kappa shape index (κ3) is 2.44. The molecule has 1 heterocycles. The van der Waals surface area contributed by atoms with Crippen molar-refractivity contribution in [3.05, 3.63) is 17.5 Å². The maximum atomic E-state index is 12.5. The number of hydrogen-bond donors (Lipinski definition) is 3. The van der Waals surface area contributed by atoms with Crippen LogP contribution in [0.2, 0.25) is 0 Å². The minimum Gasteiger partial charge on any atom is -0.481 e. The van der Waals surface area contributed by atoms with Gasteiger partial charge < -0.3 is 10.8 Å². The van der Waals surface area contributed by atoms with Gasteiger partial charge in [-0.3, -0.25) is 9.89 Å². The molecule has 0 spiro atoms. The Morgan fingerprint density at radius 1 is 1.47 bits per heavy atom. The van der Waals surface area contributed by atoms with E-state index in [1.807, 2.05) is 0 Å². The zero-order valence-corrected chi connectivity index (χ0v) is 10.00. The number of halogens is 3. The number of carbonyl (C=O) groups is 1. The summed E-state index contributed by atoms with van der Waals surface area (Å²) in [6.07, 6.45) is -3.23. The molecule has 0 saturated heterocycles. The topological polar surface area (TPSA) is 92.0 Å². The van der Waals surface area contributed by atoms with Gasteiger partial charge in [0.1, 0.15) is 5.41 Å². The van der Waals surface area contributed by atoms with Crippen LogP contribution in [-0.4, -0.2) is 27.3 Å². The van der Waals surface area contributed by atoms with Crippen LogP contribution < -0.4 is 5.73 Å². The van der Waals surface area contributed by atoms with Crippen LogP contribution >= 0.6 is 0 Å². The van der Waals surface area contributed by atoms with E-state index < -0.39 is 23.3 Å². The number of carboxylic acid groups (broad SMARTS) is 1.